The molecule has 0 bridgehead atoms. The Morgan fingerprint density at radius 2 is 1.81 bits per heavy atom. The third kappa shape index (κ3) is 7.49. The van der Waals surface area contributed by atoms with Crippen LogP contribution >= 0.6 is 0 Å². The van der Waals surface area contributed by atoms with Gasteiger partial charge in [0.05, 0.1) is 13.0 Å². The second kappa shape index (κ2) is 9.62. The summed E-state index contributed by atoms with van der Waals surface area (Å²) in [5.74, 6) is 1.24. The summed E-state index contributed by atoms with van der Waals surface area (Å²) in [6.45, 7) is 6.35. The highest BCUT2D eigenvalue weighted by Crippen LogP contribution is 2.26. The Morgan fingerprint density at radius 1 is 1.19 bits per heavy atom. The van der Waals surface area contributed by atoms with E-state index in [1.807, 2.05) is 45.0 Å². The molecule has 0 saturated heterocycles. The van der Waals surface area contributed by atoms with Crippen molar-refractivity contribution < 1.29 is 14.3 Å². The number of benzene rings is 1. The van der Waals surface area contributed by atoms with Crippen LogP contribution in [0.2, 0.25) is 0 Å². The highest BCUT2D eigenvalue weighted by atomic mass is 16.6. The van der Waals surface area contributed by atoms with E-state index in [0.29, 0.717) is 12.5 Å². The van der Waals surface area contributed by atoms with Crippen molar-refractivity contribution in [2.45, 2.75) is 64.5 Å². The summed E-state index contributed by atoms with van der Waals surface area (Å²) in [4.78, 5) is 16.6. The number of guanidine groups is 1. The van der Waals surface area contributed by atoms with Crippen LogP contribution in [-0.2, 0) is 16.0 Å². The summed E-state index contributed by atoms with van der Waals surface area (Å²) in [6, 6.07) is 8.24. The fourth-order valence-electron chi connectivity index (χ4n) is 3.21. The molecular formula is C21H33N3O3. The molecule has 150 valence electrons. The molecule has 1 saturated carbocycles. The van der Waals surface area contributed by atoms with E-state index in [1.165, 1.54) is 5.56 Å². The van der Waals surface area contributed by atoms with E-state index in [9.17, 15) is 4.79 Å². The van der Waals surface area contributed by atoms with E-state index >= 15 is 0 Å². The smallest absolute Gasteiger partial charge is 0.309 e. The fourth-order valence-corrected chi connectivity index (χ4v) is 3.21. The maximum Gasteiger partial charge on any atom is 0.309 e. The molecule has 0 aliphatic heterocycles. The lowest BCUT2D eigenvalue weighted by Gasteiger charge is -2.30. The van der Waals surface area contributed by atoms with Crippen LogP contribution in [0.1, 0.15) is 52.0 Å². The normalized spacial score (nSPS) is 20.8. The van der Waals surface area contributed by atoms with Crippen LogP contribution in [0.5, 0.6) is 5.75 Å². The number of ether oxygens (including phenoxy) is 2. The summed E-state index contributed by atoms with van der Waals surface area (Å²) in [7, 11) is 1.66. The Bertz CT molecular complexity index is 627. The first-order valence-electron chi connectivity index (χ1n) is 9.69. The SMILES string of the molecule is COc1ccc(CCN=C(N)NC2CCC(C(=O)OC(C)(C)C)CC2)cc1. The van der Waals surface area contributed by atoms with Gasteiger partial charge in [-0.25, -0.2) is 0 Å². The van der Waals surface area contributed by atoms with Crippen molar-refractivity contribution in [1.29, 1.82) is 0 Å². The highest BCUT2D eigenvalue weighted by molar-refractivity contribution is 5.78. The van der Waals surface area contributed by atoms with E-state index in [2.05, 4.69) is 10.3 Å². The Kier molecular flexibility index (Phi) is 7.51. The van der Waals surface area contributed by atoms with E-state index in [1.54, 1.807) is 7.11 Å². The van der Waals surface area contributed by atoms with Gasteiger partial charge in [-0.2, -0.15) is 0 Å². The molecule has 6 nitrogen and oxygen atoms in total. The number of hydrogen-bond acceptors (Lipinski definition) is 4. The van der Waals surface area contributed by atoms with Gasteiger partial charge in [0.2, 0.25) is 0 Å². The molecule has 2 rings (SSSR count). The Morgan fingerprint density at radius 3 is 2.37 bits per heavy atom. The summed E-state index contributed by atoms with van der Waals surface area (Å²) in [5, 5.41) is 3.29. The number of methoxy groups -OCH3 is 1. The van der Waals surface area contributed by atoms with Gasteiger partial charge in [-0.05, 0) is 70.6 Å². The lowest BCUT2D eigenvalue weighted by molar-refractivity contribution is -0.161. The van der Waals surface area contributed by atoms with Crippen molar-refractivity contribution in [2.24, 2.45) is 16.6 Å². The second-order valence-corrected chi connectivity index (χ2v) is 8.09. The van der Waals surface area contributed by atoms with Crippen molar-refractivity contribution in [3.63, 3.8) is 0 Å². The number of carbonyl (C=O) groups excluding carboxylic acids is 1. The molecule has 6 heteroatoms. The minimum Gasteiger partial charge on any atom is -0.497 e. The van der Waals surface area contributed by atoms with Crippen molar-refractivity contribution in [2.75, 3.05) is 13.7 Å². The van der Waals surface area contributed by atoms with Crippen LogP contribution in [0.3, 0.4) is 0 Å². The summed E-state index contributed by atoms with van der Waals surface area (Å²) < 4.78 is 10.6. The van der Waals surface area contributed by atoms with Crippen LogP contribution < -0.4 is 15.8 Å². The Labute approximate surface area is 162 Å². The monoisotopic (exact) mass is 375 g/mol. The number of aliphatic imine (C=N–C) groups is 1. The van der Waals surface area contributed by atoms with Gasteiger partial charge in [-0.1, -0.05) is 12.1 Å². The molecule has 27 heavy (non-hydrogen) atoms. The molecule has 1 aromatic rings. The molecule has 0 aromatic heterocycles. The van der Waals surface area contributed by atoms with Crippen LogP contribution in [0.15, 0.2) is 29.3 Å². The largest absolute Gasteiger partial charge is 0.497 e. The topological polar surface area (TPSA) is 85.9 Å². The predicted octanol–water partition coefficient (Wildman–Crippen LogP) is 3.04. The highest BCUT2D eigenvalue weighted by Gasteiger charge is 2.29. The van der Waals surface area contributed by atoms with Crippen molar-refractivity contribution in [1.82, 2.24) is 5.32 Å². The van der Waals surface area contributed by atoms with Gasteiger partial charge in [-0.3, -0.25) is 9.79 Å². The lowest BCUT2D eigenvalue weighted by atomic mass is 9.86. The van der Waals surface area contributed by atoms with Gasteiger partial charge in [0.1, 0.15) is 11.4 Å². The molecule has 0 unspecified atom stereocenters. The van der Waals surface area contributed by atoms with E-state index in [4.69, 9.17) is 15.2 Å². The standard InChI is InChI=1S/C21H33N3O3/c1-21(2,3)27-19(25)16-7-9-17(10-8-16)24-20(22)23-14-13-15-5-11-18(26-4)12-6-15/h5-6,11-12,16-17H,7-10,13-14H2,1-4H3,(H3,22,23,24). The first-order chi connectivity index (χ1) is 12.8. The minimum absolute atomic E-state index is 0.00416. The summed E-state index contributed by atoms with van der Waals surface area (Å²) in [6.07, 6.45) is 4.28. The molecule has 0 heterocycles. The van der Waals surface area contributed by atoms with Crippen LogP contribution in [0.4, 0.5) is 0 Å². The zero-order valence-corrected chi connectivity index (χ0v) is 17.0. The van der Waals surface area contributed by atoms with Crippen molar-refractivity contribution in [3.05, 3.63) is 29.8 Å². The third-order valence-electron chi connectivity index (χ3n) is 4.66. The second-order valence-electron chi connectivity index (χ2n) is 8.09. The molecule has 1 fully saturated rings. The van der Waals surface area contributed by atoms with Gasteiger partial charge in [0.25, 0.3) is 0 Å². The Balaban J connectivity index is 1.71. The molecule has 0 atom stereocenters. The summed E-state index contributed by atoms with van der Waals surface area (Å²) in [5.41, 5.74) is 6.80. The van der Waals surface area contributed by atoms with Crippen LogP contribution in [-0.4, -0.2) is 37.2 Å². The summed E-state index contributed by atoms with van der Waals surface area (Å²) >= 11 is 0. The maximum absolute atomic E-state index is 12.2. The van der Waals surface area contributed by atoms with E-state index < -0.39 is 5.60 Å². The van der Waals surface area contributed by atoms with Crippen molar-refractivity contribution in [3.8, 4) is 5.75 Å². The fraction of sp³-hybridized carbons (Fsp3) is 0.619. The average molecular weight is 376 g/mol. The van der Waals surface area contributed by atoms with Crippen LogP contribution in [0, 0.1) is 5.92 Å². The number of rotatable bonds is 6. The number of nitrogens with two attached hydrogens (primary N) is 1. The molecule has 1 aliphatic carbocycles. The number of nitrogens with one attached hydrogen (secondary N) is 1. The van der Waals surface area contributed by atoms with E-state index in [-0.39, 0.29) is 17.9 Å². The molecule has 0 spiro atoms. The van der Waals surface area contributed by atoms with Crippen molar-refractivity contribution >= 4 is 11.9 Å². The lowest BCUT2D eigenvalue weighted by Crippen LogP contribution is -2.43. The quantitative estimate of drug-likeness (QED) is 0.453. The molecule has 0 radical (unpaired) electrons. The molecule has 0 amide bonds. The van der Waals surface area contributed by atoms with Gasteiger partial charge in [-0.15, -0.1) is 0 Å². The molecular weight excluding hydrogens is 342 g/mol. The van der Waals surface area contributed by atoms with Gasteiger partial charge >= 0.3 is 5.97 Å². The van der Waals surface area contributed by atoms with Gasteiger partial charge in [0, 0.05) is 12.6 Å². The van der Waals surface area contributed by atoms with Gasteiger partial charge < -0.3 is 20.5 Å². The zero-order chi connectivity index (χ0) is 19.9. The first kappa shape index (κ1) is 21.1. The zero-order valence-electron chi connectivity index (χ0n) is 17.0. The number of carbonyl (C=O) groups is 1. The molecule has 1 aromatic carbocycles. The first-order valence-corrected chi connectivity index (χ1v) is 9.69. The average Bonchev–Trinajstić information content (AvgIpc) is 2.61. The van der Waals surface area contributed by atoms with Crippen LogP contribution in [0.25, 0.3) is 0 Å². The molecule has 1 aliphatic rings. The predicted molar refractivity (Wildman–Crippen MR) is 108 cm³/mol. The van der Waals surface area contributed by atoms with Gasteiger partial charge in [0.15, 0.2) is 5.96 Å². The number of nitrogens with zero attached hydrogens (tertiary/aromatic N) is 1. The van der Waals surface area contributed by atoms with E-state index in [0.717, 1.165) is 37.9 Å². The minimum atomic E-state index is -0.423. The number of hydrogen-bond donors (Lipinski definition) is 2. The Hall–Kier alpha value is -2.24. The third-order valence-corrected chi connectivity index (χ3v) is 4.66. The molecule has 3 N–H and O–H groups in total. The maximum atomic E-state index is 12.2. The number of esters is 1.